The lowest BCUT2D eigenvalue weighted by atomic mass is 9.77. The van der Waals surface area contributed by atoms with E-state index in [2.05, 4.69) is 10.1 Å². The predicted octanol–water partition coefficient (Wildman–Crippen LogP) is 2.99. The number of nitrogens with zero attached hydrogens (tertiary/aromatic N) is 1. The Bertz CT molecular complexity index is 543. The molecule has 0 bridgehead atoms. The fourth-order valence-electron chi connectivity index (χ4n) is 2.84. The van der Waals surface area contributed by atoms with Crippen LogP contribution in [-0.4, -0.2) is 42.8 Å². The molecule has 0 spiro atoms. The molecule has 1 aliphatic rings. The smallest absolute Gasteiger partial charge is 0.321 e. The number of methoxy groups -OCH3 is 1. The summed E-state index contributed by atoms with van der Waals surface area (Å²) in [7, 11) is 1.18. The summed E-state index contributed by atoms with van der Waals surface area (Å²) in [5.41, 5.74) is -0.0879. The monoisotopic (exact) mass is 328 g/mol. The van der Waals surface area contributed by atoms with Gasteiger partial charge in [-0.2, -0.15) is 0 Å². The number of hydrogen-bond donors (Lipinski definition) is 2. The molecule has 0 unspecified atom stereocenters. The van der Waals surface area contributed by atoms with Crippen LogP contribution in [0.1, 0.15) is 26.2 Å². The van der Waals surface area contributed by atoms with Crippen LogP contribution in [0, 0.1) is 17.0 Å². The molecule has 1 heterocycles. The van der Waals surface area contributed by atoms with Crippen molar-refractivity contribution in [2.45, 2.75) is 26.2 Å². The van der Waals surface area contributed by atoms with Gasteiger partial charge in [-0.15, -0.1) is 0 Å². The maximum absolute atomic E-state index is 13.6. The number of ether oxygens (including phenoxy) is 1. The van der Waals surface area contributed by atoms with Gasteiger partial charge in [0.15, 0.2) is 17.4 Å². The molecule has 0 aromatic heterocycles. The van der Waals surface area contributed by atoms with Crippen LogP contribution in [0.15, 0.2) is 12.1 Å². The first kappa shape index (κ1) is 17.5. The summed E-state index contributed by atoms with van der Waals surface area (Å²) in [6.07, 6.45) is 2.27. The largest absolute Gasteiger partial charge is 0.491 e. The van der Waals surface area contributed by atoms with Gasteiger partial charge in [0.05, 0.1) is 7.11 Å². The number of aliphatic hydroxyl groups is 1. The number of urea groups is 1. The fraction of sp³-hybridized carbons (Fsp3) is 0.562. The Hall–Kier alpha value is -1.89. The van der Waals surface area contributed by atoms with Crippen LogP contribution in [0.2, 0.25) is 0 Å². The third-order valence-electron chi connectivity index (χ3n) is 4.65. The van der Waals surface area contributed by atoms with E-state index in [-0.39, 0.29) is 17.7 Å². The highest BCUT2D eigenvalue weighted by molar-refractivity contribution is 5.89. The van der Waals surface area contributed by atoms with Gasteiger partial charge < -0.3 is 20.1 Å². The number of anilines is 1. The molecule has 1 aromatic carbocycles. The van der Waals surface area contributed by atoms with Crippen LogP contribution in [0.5, 0.6) is 5.75 Å². The van der Waals surface area contributed by atoms with Gasteiger partial charge in [-0.1, -0.05) is 6.92 Å². The number of amides is 2. The summed E-state index contributed by atoms with van der Waals surface area (Å²) in [6, 6.07) is 1.64. The Morgan fingerprint density at radius 1 is 1.35 bits per heavy atom. The fourth-order valence-corrected chi connectivity index (χ4v) is 2.84. The normalized spacial score (nSPS) is 17.0. The van der Waals surface area contributed by atoms with E-state index in [0.29, 0.717) is 25.9 Å². The molecule has 128 valence electrons. The number of likely N-dealkylation sites (tertiary alicyclic amines) is 1. The van der Waals surface area contributed by atoms with Crippen molar-refractivity contribution in [1.29, 1.82) is 0 Å². The number of rotatable bonds is 4. The lowest BCUT2D eigenvalue weighted by Gasteiger charge is -2.40. The van der Waals surface area contributed by atoms with Crippen molar-refractivity contribution in [2.24, 2.45) is 5.41 Å². The molecule has 2 rings (SSSR count). The van der Waals surface area contributed by atoms with E-state index in [1.807, 2.05) is 6.92 Å². The van der Waals surface area contributed by atoms with Crippen molar-refractivity contribution >= 4 is 11.7 Å². The Kier molecular flexibility index (Phi) is 5.41. The van der Waals surface area contributed by atoms with E-state index in [4.69, 9.17) is 0 Å². The molecular formula is C16H22F2N2O3. The standard InChI is InChI=1S/C16H22F2N2O3/c1-3-16(10-21)4-6-20(7-5-16)15(22)19-11-8-12(17)14(23-2)13(18)9-11/h8-9,21H,3-7,10H2,1-2H3,(H,19,22). The summed E-state index contributed by atoms with van der Waals surface area (Å²) in [5, 5.41) is 12.0. The molecule has 0 saturated carbocycles. The maximum Gasteiger partial charge on any atom is 0.321 e. The molecule has 1 saturated heterocycles. The molecule has 0 radical (unpaired) electrons. The second kappa shape index (κ2) is 7.12. The van der Waals surface area contributed by atoms with Crippen molar-refractivity contribution in [3.8, 4) is 5.75 Å². The highest BCUT2D eigenvalue weighted by Gasteiger charge is 2.34. The van der Waals surface area contributed by atoms with Crippen LogP contribution in [0.3, 0.4) is 0 Å². The molecule has 1 fully saturated rings. The second-order valence-electron chi connectivity index (χ2n) is 5.90. The summed E-state index contributed by atoms with van der Waals surface area (Å²) in [6.45, 7) is 3.13. The van der Waals surface area contributed by atoms with E-state index in [1.54, 1.807) is 4.90 Å². The maximum atomic E-state index is 13.6. The minimum atomic E-state index is -0.869. The first-order valence-electron chi connectivity index (χ1n) is 7.64. The topological polar surface area (TPSA) is 61.8 Å². The van der Waals surface area contributed by atoms with Crippen LogP contribution < -0.4 is 10.1 Å². The Balaban J connectivity index is 2.01. The number of piperidine rings is 1. The molecule has 5 nitrogen and oxygen atoms in total. The minimum Gasteiger partial charge on any atom is -0.491 e. The minimum absolute atomic E-state index is 0.0419. The van der Waals surface area contributed by atoms with Crippen molar-refractivity contribution < 1.29 is 23.4 Å². The van der Waals surface area contributed by atoms with Crippen molar-refractivity contribution in [3.05, 3.63) is 23.8 Å². The summed E-state index contributed by atoms with van der Waals surface area (Å²) in [4.78, 5) is 13.8. The Labute approximate surface area is 134 Å². The van der Waals surface area contributed by atoms with E-state index in [0.717, 1.165) is 18.6 Å². The van der Waals surface area contributed by atoms with Gasteiger partial charge in [-0.05, 0) is 24.7 Å². The Morgan fingerprint density at radius 2 is 1.91 bits per heavy atom. The van der Waals surface area contributed by atoms with E-state index < -0.39 is 23.4 Å². The lowest BCUT2D eigenvalue weighted by molar-refractivity contribution is 0.0542. The van der Waals surface area contributed by atoms with Gasteiger partial charge in [0, 0.05) is 37.5 Å². The van der Waals surface area contributed by atoms with Gasteiger partial charge in [0.1, 0.15) is 0 Å². The molecule has 0 aliphatic carbocycles. The Morgan fingerprint density at radius 3 is 2.35 bits per heavy atom. The number of carbonyl (C=O) groups is 1. The summed E-state index contributed by atoms with van der Waals surface area (Å²) in [5.74, 6) is -2.21. The molecule has 7 heteroatoms. The van der Waals surface area contributed by atoms with Crippen molar-refractivity contribution in [1.82, 2.24) is 4.90 Å². The number of hydrogen-bond acceptors (Lipinski definition) is 3. The zero-order valence-electron chi connectivity index (χ0n) is 13.4. The quantitative estimate of drug-likeness (QED) is 0.893. The number of nitrogens with one attached hydrogen (secondary N) is 1. The molecule has 0 atom stereocenters. The lowest BCUT2D eigenvalue weighted by Crippen LogP contribution is -2.46. The van der Waals surface area contributed by atoms with Crippen molar-refractivity contribution in [2.75, 3.05) is 32.1 Å². The third-order valence-corrected chi connectivity index (χ3v) is 4.65. The molecule has 1 aliphatic heterocycles. The van der Waals surface area contributed by atoms with E-state index in [9.17, 15) is 18.7 Å². The first-order chi connectivity index (χ1) is 10.9. The second-order valence-corrected chi connectivity index (χ2v) is 5.90. The summed E-state index contributed by atoms with van der Waals surface area (Å²) < 4.78 is 31.9. The zero-order chi connectivity index (χ0) is 17.0. The van der Waals surface area contributed by atoms with Gasteiger partial charge in [-0.25, -0.2) is 13.6 Å². The van der Waals surface area contributed by atoms with Crippen LogP contribution in [0.25, 0.3) is 0 Å². The third kappa shape index (κ3) is 3.72. The number of carbonyl (C=O) groups excluding carboxylic acids is 1. The van der Waals surface area contributed by atoms with Crippen molar-refractivity contribution in [3.63, 3.8) is 0 Å². The highest BCUT2D eigenvalue weighted by atomic mass is 19.1. The molecular weight excluding hydrogens is 306 g/mol. The average molecular weight is 328 g/mol. The van der Waals surface area contributed by atoms with Crippen LogP contribution in [0.4, 0.5) is 19.3 Å². The van der Waals surface area contributed by atoms with Gasteiger partial charge in [0.25, 0.3) is 0 Å². The molecule has 1 aromatic rings. The highest BCUT2D eigenvalue weighted by Crippen LogP contribution is 2.34. The number of aliphatic hydroxyl groups excluding tert-OH is 1. The van der Waals surface area contributed by atoms with E-state index >= 15 is 0 Å². The van der Waals surface area contributed by atoms with Crippen LogP contribution >= 0.6 is 0 Å². The first-order valence-corrected chi connectivity index (χ1v) is 7.64. The molecule has 23 heavy (non-hydrogen) atoms. The van der Waals surface area contributed by atoms with Gasteiger partial charge >= 0.3 is 6.03 Å². The van der Waals surface area contributed by atoms with Gasteiger partial charge in [-0.3, -0.25) is 0 Å². The molecule has 2 N–H and O–H groups in total. The SMILES string of the molecule is CCC1(CO)CCN(C(=O)Nc2cc(F)c(OC)c(F)c2)CC1. The average Bonchev–Trinajstić information content (AvgIpc) is 2.54. The predicted molar refractivity (Wildman–Crippen MR) is 82.5 cm³/mol. The number of halogens is 2. The van der Waals surface area contributed by atoms with E-state index in [1.165, 1.54) is 7.11 Å². The number of benzene rings is 1. The molecule has 2 amide bonds. The van der Waals surface area contributed by atoms with Gasteiger partial charge in [0.2, 0.25) is 0 Å². The van der Waals surface area contributed by atoms with Crippen LogP contribution in [-0.2, 0) is 0 Å². The zero-order valence-corrected chi connectivity index (χ0v) is 13.4. The summed E-state index contributed by atoms with van der Waals surface area (Å²) >= 11 is 0.